The number of carbonyl (C=O) groups is 1. The number of ether oxygens (including phenoxy) is 1. The summed E-state index contributed by atoms with van der Waals surface area (Å²) in [5.41, 5.74) is 0.0901. The molecule has 2 rings (SSSR count). The number of amides is 1. The van der Waals surface area contributed by atoms with Crippen LogP contribution in [0, 0.1) is 0 Å². The number of thiophene rings is 1. The van der Waals surface area contributed by atoms with Gasteiger partial charge in [0.2, 0.25) is 0 Å². The van der Waals surface area contributed by atoms with Gasteiger partial charge in [0.25, 0.3) is 0 Å². The molecule has 2 N–H and O–H groups in total. The molecule has 19 heavy (non-hydrogen) atoms. The van der Waals surface area contributed by atoms with Gasteiger partial charge in [-0.25, -0.2) is 4.79 Å². The van der Waals surface area contributed by atoms with Crippen molar-refractivity contribution in [3.63, 3.8) is 0 Å². The van der Waals surface area contributed by atoms with Crippen LogP contribution in [0.2, 0.25) is 0 Å². The van der Waals surface area contributed by atoms with Gasteiger partial charge in [-0.15, -0.1) is 11.3 Å². The van der Waals surface area contributed by atoms with E-state index in [0.717, 1.165) is 15.0 Å². The minimum Gasteiger partial charge on any atom is -0.444 e. The molecule has 102 valence electrons. The maximum atomic E-state index is 11.8. The van der Waals surface area contributed by atoms with E-state index in [0.29, 0.717) is 5.69 Å². The number of benzene rings is 1. The predicted octanol–water partition coefficient (Wildman–Crippen LogP) is 3.74. The smallest absolute Gasteiger partial charge is 0.412 e. The predicted molar refractivity (Wildman–Crippen MR) is 77.6 cm³/mol. The minimum atomic E-state index is -0.546. The molecule has 0 unspecified atom stereocenters. The first kappa shape index (κ1) is 13.8. The zero-order valence-corrected chi connectivity index (χ0v) is 12.0. The molecule has 0 bridgehead atoms. The summed E-state index contributed by atoms with van der Waals surface area (Å²) in [6.07, 6.45) is -0.509. The largest absolute Gasteiger partial charge is 0.444 e. The zero-order valence-electron chi connectivity index (χ0n) is 11.2. The topological polar surface area (TPSA) is 58.6 Å². The lowest BCUT2D eigenvalue weighted by atomic mass is 10.2. The Kier molecular flexibility index (Phi) is 3.78. The molecule has 1 heterocycles. The summed E-state index contributed by atoms with van der Waals surface area (Å²) in [4.78, 5) is 12.6. The van der Waals surface area contributed by atoms with E-state index in [-0.39, 0.29) is 6.61 Å². The number of rotatable bonds is 2. The highest BCUT2D eigenvalue weighted by molar-refractivity contribution is 7.19. The average molecular weight is 279 g/mol. The van der Waals surface area contributed by atoms with Gasteiger partial charge in [0.15, 0.2) is 0 Å². The van der Waals surface area contributed by atoms with Crippen LogP contribution in [0.25, 0.3) is 10.1 Å². The third-order valence-electron chi connectivity index (χ3n) is 2.44. The molecule has 0 radical (unpaired) electrons. The SMILES string of the molecule is CC(C)(C)OC(=O)Nc1c(CO)sc2ccccc12. The van der Waals surface area contributed by atoms with Crippen LogP contribution >= 0.6 is 11.3 Å². The molecule has 0 atom stereocenters. The van der Waals surface area contributed by atoms with Crippen molar-refractivity contribution in [3.8, 4) is 0 Å². The summed E-state index contributed by atoms with van der Waals surface area (Å²) >= 11 is 1.46. The van der Waals surface area contributed by atoms with Crippen LogP contribution in [0.1, 0.15) is 25.6 Å². The van der Waals surface area contributed by atoms with Gasteiger partial charge in [0.05, 0.1) is 17.2 Å². The van der Waals surface area contributed by atoms with Crippen LogP contribution in [0.5, 0.6) is 0 Å². The van der Waals surface area contributed by atoms with Gasteiger partial charge in [-0.1, -0.05) is 18.2 Å². The van der Waals surface area contributed by atoms with Gasteiger partial charge >= 0.3 is 6.09 Å². The molecule has 0 fully saturated rings. The number of aliphatic hydroxyl groups excluding tert-OH is 1. The molecule has 4 nitrogen and oxygen atoms in total. The lowest BCUT2D eigenvalue weighted by Crippen LogP contribution is -2.27. The Hall–Kier alpha value is -1.59. The number of fused-ring (bicyclic) bond motifs is 1. The summed E-state index contributed by atoms with van der Waals surface area (Å²) in [5, 5.41) is 13.0. The first-order chi connectivity index (χ1) is 8.90. The molecule has 0 saturated carbocycles. The summed E-state index contributed by atoms with van der Waals surface area (Å²) < 4.78 is 6.26. The molecular weight excluding hydrogens is 262 g/mol. The summed E-state index contributed by atoms with van der Waals surface area (Å²) in [5.74, 6) is 0. The van der Waals surface area contributed by atoms with Crippen LogP contribution in [0.4, 0.5) is 10.5 Å². The highest BCUT2D eigenvalue weighted by Crippen LogP contribution is 2.35. The number of anilines is 1. The highest BCUT2D eigenvalue weighted by Gasteiger charge is 2.19. The Bertz CT molecular complexity index is 598. The second-order valence-electron chi connectivity index (χ2n) is 5.18. The number of nitrogens with one attached hydrogen (secondary N) is 1. The van der Waals surface area contributed by atoms with E-state index in [1.807, 2.05) is 45.0 Å². The van der Waals surface area contributed by atoms with Crippen molar-refractivity contribution in [3.05, 3.63) is 29.1 Å². The van der Waals surface area contributed by atoms with Gasteiger partial charge in [-0.05, 0) is 26.8 Å². The minimum absolute atomic E-state index is 0.107. The summed E-state index contributed by atoms with van der Waals surface area (Å²) in [6.45, 7) is 5.33. The van der Waals surface area contributed by atoms with Crippen molar-refractivity contribution in [2.24, 2.45) is 0 Å². The molecule has 0 aliphatic heterocycles. The van der Waals surface area contributed by atoms with Crippen molar-refractivity contribution < 1.29 is 14.6 Å². The normalized spacial score (nSPS) is 11.6. The van der Waals surface area contributed by atoms with E-state index in [2.05, 4.69) is 5.32 Å². The molecule has 5 heteroatoms. The Morgan fingerprint density at radius 2 is 2.05 bits per heavy atom. The number of hydrogen-bond donors (Lipinski definition) is 2. The fraction of sp³-hybridized carbons (Fsp3) is 0.357. The van der Waals surface area contributed by atoms with Crippen molar-refractivity contribution >= 4 is 33.2 Å². The first-order valence-corrected chi connectivity index (χ1v) is 6.83. The lowest BCUT2D eigenvalue weighted by Gasteiger charge is -2.19. The first-order valence-electron chi connectivity index (χ1n) is 6.02. The fourth-order valence-electron chi connectivity index (χ4n) is 1.75. The molecule has 2 aromatic rings. The number of carbonyl (C=O) groups excluding carboxylic acids is 1. The summed E-state index contributed by atoms with van der Waals surface area (Å²) in [6, 6.07) is 7.70. The molecule has 0 aliphatic carbocycles. The Morgan fingerprint density at radius 1 is 1.37 bits per heavy atom. The Balaban J connectivity index is 2.31. The van der Waals surface area contributed by atoms with E-state index in [1.54, 1.807) is 0 Å². The third kappa shape index (κ3) is 3.24. The quantitative estimate of drug-likeness (QED) is 0.880. The van der Waals surface area contributed by atoms with Crippen LogP contribution in [0.3, 0.4) is 0 Å². The van der Waals surface area contributed by atoms with E-state index < -0.39 is 11.7 Å². The average Bonchev–Trinajstić information content (AvgIpc) is 2.65. The van der Waals surface area contributed by atoms with Gasteiger partial charge in [-0.3, -0.25) is 5.32 Å². The maximum Gasteiger partial charge on any atom is 0.412 e. The second-order valence-corrected chi connectivity index (χ2v) is 6.32. The molecule has 0 aliphatic rings. The molecule has 0 saturated heterocycles. The zero-order chi connectivity index (χ0) is 14.0. The van der Waals surface area contributed by atoms with E-state index in [4.69, 9.17) is 4.74 Å². The second kappa shape index (κ2) is 5.19. The van der Waals surface area contributed by atoms with Gasteiger partial charge in [0.1, 0.15) is 5.60 Å². The van der Waals surface area contributed by atoms with Crippen LogP contribution < -0.4 is 5.32 Å². The van der Waals surface area contributed by atoms with Gasteiger partial charge in [-0.2, -0.15) is 0 Å². The monoisotopic (exact) mass is 279 g/mol. The number of hydrogen-bond acceptors (Lipinski definition) is 4. The highest BCUT2D eigenvalue weighted by atomic mass is 32.1. The number of aliphatic hydroxyl groups is 1. The fourth-order valence-corrected chi connectivity index (χ4v) is 2.77. The summed E-state index contributed by atoms with van der Waals surface area (Å²) in [7, 11) is 0. The van der Waals surface area contributed by atoms with E-state index in [9.17, 15) is 9.90 Å². The van der Waals surface area contributed by atoms with Crippen LogP contribution in [-0.2, 0) is 11.3 Å². The maximum absolute atomic E-state index is 11.8. The standard InChI is InChI=1S/C14H17NO3S/c1-14(2,3)18-13(17)15-12-9-6-4-5-7-10(9)19-11(12)8-16/h4-7,16H,8H2,1-3H3,(H,15,17). The van der Waals surface area contributed by atoms with Gasteiger partial charge < -0.3 is 9.84 Å². The van der Waals surface area contributed by atoms with Crippen LogP contribution in [0.15, 0.2) is 24.3 Å². The molecule has 1 amide bonds. The molecular formula is C14H17NO3S. The van der Waals surface area contributed by atoms with Crippen molar-refractivity contribution in [1.82, 2.24) is 0 Å². The lowest BCUT2D eigenvalue weighted by molar-refractivity contribution is 0.0636. The third-order valence-corrected chi connectivity index (χ3v) is 3.59. The van der Waals surface area contributed by atoms with Crippen LogP contribution in [-0.4, -0.2) is 16.8 Å². The molecule has 0 spiro atoms. The van der Waals surface area contributed by atoms with E-state index >= 15 is 0 Å². The van der Waals surface area contributed by atoms with Crippen molar-refractivity contribution in [2.75, 3.05) is 5.32 Å². The Morgan fingerprint density at radius 3 is 2.68 bits per heavy atom. The van der Waals surface area contributed by atoms with Crippen molar-refractivity contribution in [1.29, 1.82) is 0 Å². The molecule has 1 aromatic carbocycles. The Labute approximate surface area is 116 Å². The van der Waals surface area contributed by atoms with Crippen molar-refractivity contribution in [2.45, 2.75) is 33.0 Å². The van der Waals surface area contributed by atoms with E-state index in [1.165, 1.54) is 11.3 Å². The molecule has 1 aromatic heterocycles. The van der Waals surface area contributed by atoms with Gasteiger partial charge in [0, 0.05) is 10.1 Å².